The minimum Gasteiger partial charge on any atom is -0.445 e. The second-order valence-electron chi connectivity index (χ2n) is 6.59. The Bertz CT molecular complexity index is 466. The molecule has 0 bridgehead atoms. The summed E-state index contributed by atoms with van der Waals surface area (Å²) >= 11 is 0. The van der Waals surface area contributed by atoms with Gasteiger partial charge in [-0.2, -0.15) is 0 Å². The lowest BCUT2D eigenvalue weighted by Crippen LogP contribution is -2.47. The molecule has 1 unspecified atom stereocenters. The van der Waals surface area contributed by atoms with Crippen molar-refractivity contribution in [3.05, 3.63) is 35.9 Å². The predicted molar refractivity (Wildman–Crippen MR) is 86.5 cm³/mol. The fourth-order valence-electron chi connectivity index (χ4n) is 3.23. The molecule has 1 N–H and O–H groups in total. The molecule has 1 aromatic rings. The van der Waals surface area contributed by atoms with Crippen LogP contribution in [0.5, 0.6) is 0 Å². The predicted octanol–water partition coefficient (Wildman–Crippen LogP) is 3.59. The van der Waals surface area contributed by atoms with E-state index in [4.69, 9.17) is 4.74 Å². The summed E-state index contributed by atoms with van der Waals surface area (Å²) in [4.78, 5) is 13.6. The number of ether oxygens (including phenoxy) is 1. The molecule has 0 saturated heterocycles. The van der Waals surface area contributed by atoms with E-state index in [-0.39, 0.29) is 18.6 Å². The second kappa shape index (κ2) is 7.63. The average Bonchev–Trinajstić information content (AvgIpc) is 2.54. The minimum atomic E-state index is -0.846. The Hall–Kier alpha value is -1.55. The van der Waals surface area contributed by atoms with Gasteiger partial charge < -0.3 is 14.7 Å². The van der Waals surface area contributed by atoms with Crippen molar-refractivity contribution < 1.29 is 14.6 Å². The van der Waals surface area contributed by atoms with Crippen molar-refractivity contribution in [2.45, 2.75) is 51.2 Å². The standard InChI is InChI=1S/C18H27NO3/c1-18(21,16-11-7-4-8-12-16)14-19(2)17(20)22-13-15-9-5-3-6-10-15/h3,5-6,9-10,16,21H,4,7-8,11-14H2,1-2H3. The number of rotatable bonds is 5. The van der Waals surface area contributed by atoms with Gasteiger partial charge in [0, 0.05) is 7.05 Å². The summed E-state index contributed by atoms with van der Waals surface area (Å²) in [5, 5.41) is 10.7. The van der Waals surface area contributed by atoms with Crippen molar-refractivity contribution in [1.82, 2.24) is 4.90 Å². The first-order valence-electron chi connectivity index (χ1n) is 8.13. The highest BCUT2D eigenvalue weighted by Gasteiger charge is 2.35. The lowest BCUT2D eigenvalue weighted by atomic mass is 9.77. The first kappa shape index (κ1) is 16.8. The molecule has 0 heterocycles. The highest BCUT2D eigenvalue weighted by atomic mass is 16.6. The van der Waals surface area contributed by atoms with Gasteiger partial charge in [-0.1, -0.05) is 49.6 Å². The van der Waals surface area contributed by atoms with Gasteiger partial charge in [0.2, 0.25) is 0 Å². The third-order valence-corrected chi connectivity index (χ3v) is 4.56. The summed E-state index contributed by atoms with van der Waals surface area (Å²) in [5.41, 5.74) is 0.115. The molecule has 0 spiro atoms. The molecule has 2 rings (SSSR count). The Labute approximate surface area is 133 Å². The smallest absolute Gasteiger partial charge is 0.409 e. The van der Waals surface area contributed by atoms with Crippen molar-refractivity contribution in [2.75, 3.05) is 13.6 Å². The Kier molecular flexibility index (Phi) is 5.83. The van der Waals surface area contributed by atoms with Crippen LogP contribution in [0, 0.1) is 5.92 Å². The number of benzene rings is 1. The lowest BCUT2D eigenvalue weighted by molar-refractivity contribution is -0.0377. The normalized spacial score (nSPS) is 18.5. The summed E-state index contributed by atoms with van der Waals surface area (Å²) in [7, 11) is 1.69. The number of nitrogens with zero attached hydrogens (tertiary/aromatic N) is 1. The maximum absolute atomic E-state index is 12.1. The van der Waals surface area contributed by atoms with Gasteiger partial charge in [-0.15, -0.1) is 0 Å². The number of hydrogen-bond acceptors (Lipinski definition) is 3. The van der Waals surface area contributed by atoms with Gasteiger partial charge in [-0.25, -0.2) is 4.79 Å². The van der Waals surface area contributed by atoms with Crippen molar-refractivity contribution in [2.24, 2.45) is 5.92 Å². The molecule has 1 aliphatic rings. The van der Waals surface area contributed by atoms with E-state index in [9.17, 15) is 9.90 Å². The fourth-order valence-corrected chi connectivity index (χ4v) is 3.23. The average molecular weight is 305 g/mol. The Morgan fingerprint density at radius 2 is 1.91 bits per heavy atom. The van der Waals surface area contributed by atoms with Crippen LogP contribution < -0.4 is 0 Å². The van der Waals surface area contributed by atoms with Crippen LogP contribution in [0.25, 0.3) is 0 Å². The quantitative estimate of drug-likeness (QED) is 0.904. The molecule has 1 fully saturated rings. The van der Waals surface area contributed by atoms with Crippen LogP contribution in [-0.4, -0.2) is 35.3 Å². The molecule has 1 saturated carbocycles. The van der Waals surface area contributed by atoms with Crippen LogP contribution in [0.3, 0.4) is 0 Å². The summed E-state index contributed by atoms with van der Waals surface area (Å²) in [6.07, 6.45) is 5.28. The van der Waals surface area contributed by atoms with E-state index in [0.29, 0.717) is 6.54 Å². The zero-order valence-corrected chi connectivity index (χ0v) is 13.6. The number of aliphatic hydroxyl groups is 1. The van der Waals surface area contributed by atoms with Crippen molar-refractivity contribution in [3.63, 3.8) is 0 Å². The van der Waals surface area contributed by atoms with E-state index in [1.54, 1.807) is 7.05 Å². The van der Waals surface area contributed by atoms with E-state index in [2.05, 4.69) is 0 Å². The van der Waals surface area contributed by atoms with E-state index in [1.807, 2.05) is 37.3 Å². The fraction of sp³-hybridized carbons (Fsp3) is 0.611. The third-order valence-electron chi connectivity index (χ3n) is 4.56. The lowest BCUT2D eigenvalue weighted by Gasteiger charge is -2.37. The van der Waals surface area contributed by atoms with E-state index in [1.165, 1.54) is 24.2 Å². The third kappa shape index (κ3) is 4.73. The van der Waals surface area contributed by atoms with Gasteiger partial charge in [-0.3, -0.25) is 0 Å². The number of likely N-dealkylation sites (N-methyl/N-ethyl adjacent to an activating group) is 1. The highest BCUT2D eigenvalue weighted by Crippen LogP contribution is 2.33. The van der Waals surface area contributed by atoms with Crippen molar-refractivity contribution in [1.29, 1.82) is 0 Å². The van der Waals surface area contributed by atoms with Gasteiger partial charge in [0.05, 0.1) is 12.1 Å². The largest absolute Gasteiger partial charge is 0.445 e. The Morgan fingerprint density at radius 3 is 2.55 bits per heavy atom. The number of hydrogen-bond donors (Lipinski definition) is 1. The molecule has 4 nitrogen and oxygen atoms in total. The molecule has 0 radical (unpaired) electrons. The minimum absolute atomic E-state index is 0.260. The van der Waals surface area contributed by atoms with Gasteiger partial charge in [-0.05, 0) is 31.2 Å². The second-order valence-corrected chi connectivity index (χ2v) is 6.59. The van der Waals surface area contributed by atoms with Gasteiger partial charge in [0.25, 0.3) is 0 Å². The Morgan fingerprint density at radius 1 is 1.27 bits per heavy atom. The summed E-state index contributed by atoms with van der Waals surface area (Å²) < 4.78 is 5.30. The number of amides is 1. The molecule has 22 heavy (non-hydrogen) atoms. The zero-order chi connectivity index (χ0) is 16.0. The SMILES string of the molecule is CN(CC(C)(O)C1CCCCC1)C(=O)OCc1ccccc1. The molecule has 0 aromatic heterocycles. The highest BCUT2D eigenvalue weighted by molar-refractivity contribution is 5.67. The summed E-state index contributed by atoms with van der Waals surface area (Å²) in [5.74, 6) is 0.269. The number of carbonyl (C=O) groups excluding carboxylic acids is 1. The summed E-state index contributed by atoms with van der Waals surface area (Å²) in [6.45, 7) is 2.41. The molecule has 1 atom stereocenters. The van der Waals surface area contributed by atoms with Crippen LogP contribution >= 0.6 is 0 Å². The van der Waals surface area contributed by atoms with Crippen LogP contribution in [0.2, 0.25) is 0 Å². The van der Waals surface area contributed by atoms with Gasteiger partial charge in [0.15, 0.2) is 0 Å². The molecule has 4 heteroatoms. The molecule has 1 aliphatic carbocycles. The Balaban J connectivity index is 1.82. The van der Waals surface area contributed by atoms with Gasteiger partial charge >= 0.3 is 6.09 Å². The van der Waals surface area contributed by atoms with Crippen molar-refractivity contribution in [3.8, 4) is 0 Å². The van der Waals surface area contributed by atoms with E-state index in [0.717, 1.165) is 18.4 Å². The maximum Gasteiger partial charge on any atom is 0.409 e. The van der Waals surface area contributed by atoms with Crippen molar-refractivity contribution >= 4 is 6.09 Å². The van der Waals surface area contributed by atoms with Crippen LogP contribution in [0.4, 0.5) is 4.79 Å². The van der Waals surface area contributed by atoms with E-state index < -0.39 is 5.60 Å². The monoisotopic (exact) mass is 305 g/mol. The first-order valence-corrected chi connectivity index (χ1v) is 8.13. The molecule has 1 amide bonds. The molecule has 1 aromatic carbocycles. The number of carbonyl (C=O) groups is 1. The molecular formula is C18H27NO3. The van der Waals surface area contributed by atoms with Crippen LogP contribution in [0.1, 0.15) is 44.6 Å². The van der Waals surface area contributed by atoms with Crippen LogP contribution in [0.15, 0.2) is 30.3 Å². The topological polar surface area (TPSA) is 49.8 Å². The molecular weight excluding hydrogens is 278 g/mol. The van der Waals surface area contributed by atoms with Crippen LogP contribution in [-0.2, 0) is 11.3 Å². The van der Waals surface area contributed by atoms with Gasteiger partial charge in [0.1, 0.15) is 6.61 Å². The van der Waals surface area contributed by atoms with E-state index >= 15 is 0 Å². The summed E-state index contributed by atoms with van der Waals surface area (Å²) in [6, 6.07) is 9.61. The maximum atomic E-state index is 12.1. The molecule has 122 valence electrons. The molecule has 0 aliphatic heterocycles. The zero-order valence-electron chi connectivity index (χ0n) is 13.6. The first-order chi connectivity index (χ1) is 10.5.